The van der Waals surface area contributed by atoms with E-state index in [-0.39, 0.29) is 45.6 Å². The maximum Gasteiger partial charge on any atom is 0.326 e. The van der Waals surface area contributed by atoms with Crippen molar-refractivity contribution in [1.82, 2.24) is 4.98 Å². The first-order valence-corrected chi connectivity index (χ1v) is 12.8. The van der Waals surface area contributed by atoms with Crippen molar-refractivity contribution in [3.63, 3.8) is 0 Å². The topological polar surface area (TPSA) is 137 Å². The zero-order valence-electron chi connectivity index (χ0n) is 19.7. The molecule has 4 N–H and O–H groups in total. The number of carbonyl (C=O) groups is 2. The lowest BCUT2D eigenvalue weighted by atomic mass is 10.0. The van der Waals surface area contributed by atoms with Gasteiger partial charge in [0.1, 0.15) is 17.4 Å². The molecular formula is C26H18Cl4N4O5. The van der Waals surface area contributed by atoms with Crippen molar-refractivity contribution >= 4 is 75.3 Å². The van der Waals surface area contributed by atoms with Gasteiger partial charge in [-0.2, -0.15) is 0 Å². The number of carboxylic acids is 1. The van der Waals surface area contributed by atoms with Crippen LogP contribution in [-0.2, 0) is 17.8 Å². The van der Waals surface area contributed by atoms with E-state index in [2.05, 4.69) is 20.9 Å². The Bertz CT molecular complexity index is 1610. The summed E-state index contributed by atoms with van der Waals surface area (Å²) >= 11 is 24.0. The van der Waals surface area contributed by atoms with E-state index in [1.165, 1.54) is 24.5 Å². The SMILES string of the molecule is O=C(Nc1c(Cl)cncc1Cl)c1ccc(C[C@H](Nc2c(NCc3ccc(Cl)c(Cl)c3)c(=O)c2=O)C(=O)O)cc1. The van der Waals surface area contributed by atoms with Crippen molar-refractivity contribution < 1.29 is 14.7 Å². The van der Waals surface area contributed by atoms with Gasteiger partial charge in [-0.3, -0.25) is 19.4 Å². The molecule has 4 aromatic rings. The number of aliphatic carboxylic acids is 1. The summed E-state index contributed by atoms with van der Waals surface area (Å²) in [5, 5.41) is 18.9. The summed E-state index contributed by atoms with van der Waals surface area (Å²) in [6.45, 7) is 0.160. The average molecular weight is 608 g/mol. The number of nitrogens with zero attached hydrogens (tertiary/aromatic N) is 1. The van der Waals surface area contributed by atoms with Gasteiger partial charge >= 0.3 is 5.97 Å². The maximum absolute atomic E-state index is 12.6. The number of carbonyl (C=O) groups excluding carboxylic acids is 1. The van der Waals surface area contributed by atoms with Crippen molar-refractivity contribution in [3.05, 3.63) is 112 Å². The van der Waals surface area contributed by atoms with Gasteiger partial charge in [-0.25, -0.2) is 4.79 Å². The Hall–Kier alpha value is -3.63. The molecule has 1 amide bonds. The molecule has 39 heavy (non-hydrogen) atoms. The first-order valence-electron chi connectivity index (χ1n) is 11.2. The zero-order chi connectivity index (χ0) is 28.3. The van der Waals surface area contributed by atoms with Crippen LogP contribution >= 0.6 is 46.4 Å². The molecule has 1 aromatic heterocycles. The molecule has 200 valence electrons. The fourth-order valence-electron chi connectivity index (χ4n) is 3.66. The molecule has 0 saturated heterocycles. The molecule has 0 fully saturated rings. The molecular weight excluding hydrogens is 590 g/mol. The second-order valence-corrected chi connectivity index (χ2v) is 10.0. The smallest absolute Gasteiger partial charge is 0.326 e. The third-order valence-corrected chi connectivity index (χ3v) is 7.04. The molecule has 0 bridgehead atoms. The minimum absolute atomic E-state index is 0.0159. The van der Waals surface area contributed by atoms with Crippen molar-refractivity contribution in [2.45, 2.75) is 19.0 Å². The normalized spacial score (nSPS) is 11.7. The van der Waals surface area contributed by atoms with Crippen LogP contribution in [0.3, 0.4) is 0 Å². The summed E-state index contributed by atoms with van der Waals surface area (Å²) in [6, 6.07) is 9.85. The van der Waals surface area contributed by atoms with E-state index in [0.29, 0.717) is 21.2 Å². The molecule has 1 heterocycles. The summed E-state index contributed by atoms with van der Waals surface area (Å²) in [7, 11) is 0. The molecule has 0 saturated carbocycles. The van der Waals surface area contributed by atoms with Crippen molar-refractivity contribution in [2.75, 3.05) is 16.0 Å². The number of nitrogens with one attached hydrogen (secondary N) is 3. The quantitative estimate of drug-likeness (QED) is 0.179. The maximum atomic E-state index is 12.6. The van der Waals surface area contributed by atoms with E-state index in [4.69, 9.17) is 46.4 Å². The molecule has 0 aliphatic rings. The monoisotopic (exact) mass is 606 g/mol. The molecule has 3 aromatic carbocycles. The Kier molecular flexibility index (Phi) is 8.76. The van der Waals surface area contributed by atoms with Gasteiger partial charge in [-0.05, 0) is 35.4 Å². The van der Waals surface area contributed by atoms with Crippen LogP contribution in [0.5, 0.6) is 0 Å². The highest BCUT2D eigenvalue weighted by Gasteiger charge is 2.27. The predicted molar refractivity (Wildman–Crippen MR) is 153 cm³/mol. The fourth-order valence-corrected chi connectivity index (χ4v) is 4.44. The van der Waals surface area contributed by atoms with E-state index >= 15 is 0 Å². The number of amides is 1. The lowest BCUT2D eigenvalue weighted by molar-refractivity contribution is -0.137. The molecule has 1 atom stereocenters. The number of benzene rings is 2. The van der Waals surface area contributed by atoms with Crippen molar-refractivity contribution in [2.24, 2.45) is 0 Å². The van der Waals surface area contributed by atoms with Crippen molar-refractivity contribution in [3.8, 4) is 0 Å². The van der Waals surface area contributed by atoms with Crippen LogP contribution in [0.4, 0.5) is 17.1 Å². The van der Waals surface area contributed by atoms with Gasteiger partial charge in [0.05, 0.1) is 25.8 Å². The highest BCUT2D eigenvalue weighted by atomic mass is 35.5. The van der Waals surface area contributed by atoms with Crippen LogP contribution in [0.1, 0.15) is 21.5 Å². The van der Waals surface area contributed by atoms with Gasteiger partial charge in [0, 0.05) is 30.9 Å². The molecule has 0 unspecified atom stereocenters. The summed E-state index contributed by atoms with van der Waals surface area (Å²) in [5.41, 5.74) is 0.0521. The van der Waals surface area contributed by atoms with Crippen molar-refractivity contribution in [1.29, 1.82) is 0 Å². The number of carboxylic acid groups (broad SMARTS) is 1. The highest BCUT2D eigenvalue weighted by molar-refractivity contribution is 6.42. The summed E-state index contributed by atoms with van der Waals surface area (Å²) in [5.74, 6) is -1.71. The van der Waals surface area contributed by atoms with Crippen LogP contribution < -0.4 is 26.8 Å². The van der Waals surface area contributed by atoms with Crippen LogP contribution in [0, 0.1) is 0 Å². The minimum Gasteiger partial charge on any atom is -0.480 e. The van der Waals surface area contributed by atoms with Gasteiger partial charge in [-0.15, -0.1) is 0 Å². The van der Waals surface area contributed by atoms with Gasteiger partial charge in [-0.1, -0.05) is 64.6 Å². The van der Waals surface area contributed by atoms with E-state index in [1.54, 1.807) is 30.3 Å². The van der Waals surface area contributed by atoms with Gasteiger partial charge in [0.2, 0.25) is 0 Å². The number of pyridine rings is 1. The number of halogens is 4. The number of anilines is 3. The number of hydrogen-bond acceptors (Lipinski definition) is 7. The third-order valence-electron chi connectivity index (χ3n) is 5.73. The van der Waals surface area contributed by atoms with Gasteiger partial charge in [0.15, 0.2) is 0 Å². The molecule has 13 heteroatoms. The Morgan fingerprint density at radius 2 is 1.41 bits per heavy atom. The molecule has 0 aliphatic carbocycles. The van der Waals surface area contributed by atoms with E-state index in [0.717, 1.165) is 0 Å². The Labute approximate surface area is 241 Å². The predicted octanol–water partition coefficient (Wildman–Crippen LogP) is 5.26. The molecule has 9 nitrogen and oxygen atoms in total. The van der Waals surface area contributed by atoms with E-state index in [9.17, 15) is 24.3 Å². The lowest BCUT2D eigenvalue weighted by Crippen LogP contribution is -2.42. The highest BCUT2D eigenvalue weighted by Crippen LogP contribution is 2.29. The van der Waals surface area contributed by atoms with E-state index in [1.807, 2.05) is 0 Å². The third kappa shape index (κ3) is 6.51. The molecule has 4 rings (SSSR count). The molecule has 0 spiro atoms. The summed E-state index contributed by atoms with van der Waals surface area (Å²) < 4.78 is 0. The van der Waals surface area contributed by atoms with Crippen LogP contribution in [0.15, 0.2) is 64.4 Å². The first kappa shape index (κ1) is 28.4. The Morgan fingerprint density at radius 1 is 0.795 bits per heavy atom. The number of hydrogen-bond donors (Lipinski definition) is 4. The Balaban J connectivity index is 1.43. The first-order chi connectivity index (χ1) is 18.5. The summed E-state index contributed by atoms with van der Waals surface area (Å²) in [4.78, 5) is 52.7. The standard InChI is InChI=1S/C26H18Cl4N4O5/c27-15-6-3-13(7-16(15)28)9-32-21-22(24(36)23(21)35)33-19(26(38)39)8-12-1-4-14(5-2-12)25(37)34-20-17(29)10-31-11-18(20)30/h1-7,10-11,19,32-33H,8-9H2,(H,38,39)(H,31,34,37)/t19-/m0/s1. The second kappa shape index (κ2) is 12.0. The van der Waals surface area contributed by atoms with Crippen LogP contribution in [0.2, 0.25) is 20.1 Å². The molecule has 0 aliphatic heterocycles. The van der Waals surface area contributed by atoms with Crippen LogP contribution in [-0.4, -0.2) is 28.0 Å². The average Bonchev–Trinajstić information content (AvgIpc) is 2.91. The van der Waals surface area contributed by atoms with Crippen LogP contribution in [0.25, 0.3) is 0 Å². The largest absolute Gasteiger partial charge is 0.480 e. The lowest BCUT2D eigenvalue weighted by Gasteiger charge is -2.20. The minimum atomic E-state index is -1.23. The number of rotatable bonds is 10. The fraction of sp³-hybridized carbons (Fsp3) is 0.115. The van der Waals surface area contributed by atoms with Gasteiger partial charge < -0.3 is 21.1 Å². The Morgan fingerprint density at radius 3 is 2.03 bits per heavy atom. The molecule has 0 radical (unpaired) electrons. The summed E-state index contributed by atoms with van der Waals surface area (Å²) in [6.07, 6.45) is 2.65. The number of aromatic nitrogens is 1. The zero-order valence-corrected chi connectivity index (χ0v) is 22.8. The second-order valence-electron chi connectivity index (χ2n) is 8.38. The van der Waals surface area contributed by atoms with E-state index < -0.39 is 28.8 Å². The van der Waals surface area contributed by atoms with Gasteiger partial charge in [0.25, 0.3) is 16.8 Å².